The first-order valence-corrected chi connectivity index (χ1v) is 8.48. The van der Waals surface area contributed by atoms with E-state index in [4.69, 9.17) is 0 Å². The third-order valence-electron chi connectivity index (χ3n) is 4.65. The number of rotatable bonds is 9. The molecule has 1 N–H and O–H groups in total. The Morgan fingerprint density at radius 2 is 2.00 bits per heavy atom. The quantitative estimate of drug-likeness (QED) is 0.576. The Hall–Kier alpha value is -0.300. The summed E-state index contributed by atoms with van der Waals surface area (Å²) in [6.45, 7) is 13.2. The van der Waals surface area contributed by atoms with Crippen molar-refractivity contribution in [3.63, 3.8) is 0 Å². The van der Waals surface area contributed by atoms with Crippen molar-refractivity contribution in [2.75, 3.05) is 13.1 Å². The van der Waals surface area contributed by atoms with Crippen LogP contribution in [0.2, 0.25) is 0 Å². The predicted molar refractivity (Wildman–Crippen MR) is 86.4 cm³/mol. The van der Waals surface area contributed by atoms with E-state index in [1.54, 1.807) is 0 Å². The predicted octanol–water partition coefficient (Wildman–Crippen LogP) is 5.03. The van der Waals surface area contributed by atoms with Crippen molar-refractivity contribution < 1.29 is 0 Å². The van der Waals surface area contributed by atoms with Gasteiger partial charge in [-0.15, -0.1) is 6.58 Å². The van der Waals surface area contributed by atoms with Gasteiger partial charge in [0.2, 0.25) is 0 Å². The first kappa shape index (κ1) is 16.8. The van der Waals surface area contributed by atoms with E-state index >= 15 is 0 Å². The standard InChI is InChI=1S/C18H35N/c1-5-7-9-17-12-16(8-6-2)10-11-18(17)14-19-13-15(3)4/h5,15-19H,1,6-14H2,2-4H3. The zero-order valence-corrected chi connectivity index (χ0v) is 13.5. The van der Waals surface area contributed by atoms with Gasteiger partial charge in [-0.2, -0.15) is 0 Å². The summed E-state index contributed by atoms with van der Waals surface area (Å²) in [5.41, 5.74) is 0. The van der Waals surface area contributed by atoms with Gasteiger partial charge in [0.1, 0.15) is 0 Å². The highest BCUT2D eigenvalue weighted by Crippen LogP contribution is 2.38. The zero-order valence-electron chi connectivity index (χ0n) is 13.5. The van der Waals surface area contributed by atoms with Crippen LogP contribution in [0.15, 0.2) is 12.7 Å². The molecule has 1 rings (SSSR count). The molecule has 0 saturated heterocycles. The van der Waals surface area contributed by atoms with Crippen LogP contribution in [-0.4, -0.2) is 13.1 Å². The lowest BCUT2D eigenvalue weighted by molar-refractivity contribution is 0.159. The summed E-state index contributed by atoms with van der Waals surface area (Å²) in [7, 11) is 0. The largest absolute Gasteiger partial charge is 0.316 e. The second-order valence-electron chi connectivity index (χ2n) is 6.91. The topological polar surface area (TPSA) is 12.0 Å². The van der Waals surface area contributed by atoms with Gasteiger partial charge in [0.15, 0.2) is 0 Å². The van der Waals surface area contributed by atoms with Crippen LogP contribution in [0.1, 0.15) is 65.7 Å². The molecular formula is C18H35N. The molecule has 0 aromatic rings. The molecule has 0 spiro atoms. The lowest BCUT2D eigenvalue weighted by Gasteiger charge is -2.36. The second kappa shape index (κ2) is 9.58. The molecule has 0 radical (unpaired) electrons. The first-order valence-electron chi connectivity index (χ1n) is 8.48. The maximum atomic E-state index is 3.90. The molecule has 1 fully saturated rings. The molecule has 3 unspecified atom stereocenters. The molecule has 0 aromatic carbocycles. The highest BCUT2D eigenvalue weighted by atomic mass is 14.9. The Kier molecular flexibility index (Phi) is 8.45. The van der Waals surface area contributed by atoms with Crippen LogP contribution in [-0.2, 0) is 0 Å². The fourth-order valence-corrected chi connectivity index (χ4v) is 3.61. The average molecular weight is 265 g/mol. The van der Waals surface area contributed by atoms with Crippen LogP contribution < -0.4 is 5.32 Å². The Morgan fingerprint density at radius 3 is 2.63 bits per heavy atom. The molecule has 112 valence electrons. The van der Waals surface area contributed by atoms with E-state index in [2.05, 4.69) is 38.7 Å². The zero-order chi connectivity index (χ0) is 14.1. The van der Waals surface area contributed by atoms with Gasteiger partial charge in [0.25, 0.3) is 0 Å². The molecule has 1 nitrogen and oxygen atoms in total. The van der Waals surface area contributed by atoms with Crippen LogP contribution in [0.3, 0.4) is 0 Å². The lowest BCUT2D eigenvalue weighted by Crippen LogP contribution is -2.34. The second-order valence-corrected chi connectivity index (χ2v) is 6.91. The maximum Gasteiger partial charge on any atom is -0.00178 e. The molecule has 0 heterocycles. The fraction of sp³-hybridized carbons (Fsp3) is 0.889. The summed E-state index contributed by atoms with van der Waals surface area (Å²) < 4.78 is 0. The van der Waals surface area contributed by atoms with Crippen LogP contribution in [0.25, 0.3) is 0 Å². The summed E-state index contributed by atoms with van der Waals surface area (Å²) >= 11 is 0. The number of hydrogen-bond acceptors (Lipinski definition) is 1. The molecule has 3 atom stereocenters. The fourth-order valence-electron chi connectivity index (χ4n) is 3.61. The number of allylic oxidation sites excluding steroid dienone is 1. The minimum atomic E-state index is 0.767. The molecule has 19 heavy (non-hydrogen) atoms. The van der Waals surface area contributed by atoms with E-state index in [-0.39, 0.29) is 0 Å². The van der Waals surface area contributed by atoms with E-state index in [0.717, 1.165) is 23.7 Å². The minimum absolute atomic E-state index is 0.767. The van der Waals surface area contributed by atoms with E-state index in [0.29, 0.717) is 0 Å². The van der Waals surface area contributed by atoms with Crippen molar-refractivity contribution in [2.45, 2.75) is 65.7 Å². The summed E-state index contributed by atoms with van der Waals surface area (Å²) in [4.78, 5) is 0. The molecule has 0 aromatic heterocycles. The first-order chi connectivity index (χ1) is 9.17. The Balaban J connectivity index is 2.40. The van der Waals surface area contributed by atoms with Crippen molar-refractivity contribution >= 4 is 0 Å². The van der Waals surface area contributed by atoms with Gasteiger partial charge in [-0.05, 0) is 62.4 Å². The minimum Gasteiger partial charge on any atom is -0.316 e. The van der Waals surface area contributed by atoms with Crippen molar-refractivity contribution in [3.05, 3.63) is 12.7 Å². The summed E-state index contributed by atoms with van der Waals surface area (Å²) in [5, 5.41) is 3.68. The van der Waals surface area contributed by atoms with Crippen LogP contribution in [0.4, 0.5) is 0 Å². The maximum absolute atomic E-state index is 3.90. The van der Waals surface area contributed by atoms with E-state index in [1.807, 2.05) is 0 Å². The highest BCUT2D eigenvalue weighted by molar-refractivity contribution is 4.83. The molecule has 0 aliphatic heterocycles. The monoisotopic (exact) mass is 265 g/mol. The van der Waals surface area contributed by atoms with Crippen molar-refractivity contribution in [2.24, 2.45) is 23.7 Å². The molecule has 1 heteroatoms. The molecule has 1 aliphatic carbocycles. The van der Waals surface area contributed by atoms with Gasteiger partial charge >= 0.3 is 0 Å². The number of nitrogens with one attached hydrogen (secondary N) is 1. The van der Waals surface area contributed by atoms with Gasteiger partial charge in [-0.1, -0.05) is 46.1 Å². The summed E-state index contributed by atoms with van der Waals surface area (Å²) in [5.74, 6) is 3.61. The Bertz CT molecular complexity index is 234. The van der Waals surface area contributed by atoms with E-state index < -0.39 is 0 Å². The Labute approximate surface area is 121 Å². The molecule has 1 aliphatic rings. The van der Waals surface area contributed by atoms with E-state index in [1.165, 1.54) is 58.0 Å². The highest BCUT2D eigenvalue weighted by Gasteiger charge is 2.29. The third-order valence-corrected chi connectivity index (χ3v) is 4.65. The molecular weight excluding hydrogens is 230 g/mol. The van der Waals surface area contributed by atoms with Gasteiger partial charge in [-0.3, -0.25) is 0 Å². The van der Waals surface area contributed by atoms with Gasteiger partial charge in [0.05, 0.1) is 0 Å². The third kappa shape index (κ3) is 6.61. The van der Waals surface area contributed by atoms with Crippen LogP contribution in [0, 0.1) is 23.7 Å². The van der Waals surface area contributed by atoms with Gasteiger partial charge < -0.3 is 5.32 Å². The van der Waals surface area contributed by atoms with Crippen LogP contribution >= 0.6 is 0 Å². The Morgan fingerprint density at radius 1 is 1.21 bits per heavy atom. The smallest absolute Gasteiger partial charge is 0.00178 e. The van der Waals surface area contributed by atoms with Crippen LogP contribution in [0.5, 0.6) is 0 Å². The number of hydrogen-bond donors (Lipinski definition) is 1. The molecule has 0 bridgehead atoms. The van der Waals surface area contributed by atoms with E-state index in [9.17, 15) is 0 Å². The normalized spacial score (nSPS) is 27.7. The van der Waals surface area contributed by atoms with Gasteiger partial charge in [-0.25, -0.2) is 0 Å². The SMILES string of the molecule is C=CCCC1CC(CCC)CCC1CNCC(C)C. The van der Waals surface area contributed by atoms with Crippen molar-refractivity contribution in [1.29, 1.82) is 0 Å². The van der Waals surface area contributed by atoms with Gasteiger partial charge in [0, 0.05) is 0 Å². The van der Waals surface area contributed by atoms with Crippen molar-refractivity contribution in [1.82, 2.24) is 5.32 Å². The van der Waals surface area contributed by atoms with Crippen molar-refractivity contribution in [3.8, 4) is 0 Å². The molecule has 0 amide bonds. The lowest BCUT2D eigenvalue weighted by atomic mass is 9.71. The average Bonchev–Trinajstić information content (AvgIpc) is 2.38. The molecule has 1 saturated carbocycles. The summed E-state index contributed by atoms with van der Waals surface area (Å²) in [6.07, 6.45) is 11.8. The summed E-state index contributed by atoms with van der Waals surface area (Å²) in [6, 6.07) is 0.